The Bertz CT molecular complexity index is 663. The van der Waals surface area contributed by atoms with Gasteiger partial charge in [0.25, 0.3) is 0 Å². The summed E-state index contributed by atoms with van der Waals surface area (Å²) in [6, 6.07) is 0. The summed E-state index contributed by atoms with van der Waals surface area (Å²) < 4.78 is 65.7. The molecule has 0 radical (unpaired) electrons. The number of hydrogen-bond donors (Lipinski definition) is 2. The number of halogens is 5. The second-order valence-corrected chi connectivity index (χ2v) is 3.53. The first-order valence-corrected chi connectivity index (χ1v) is 4.71. The van der Waals surface area contributed by atoms with Gasteiger partial charge in [0.15, 0.2) is 23.3 Å². The van der Waals surface area contributed by atoms with Crippen LogP contribution in [0.2, 0.25) is 0 Å². The van der Waals surface area contributed by atoms with E-state index in [-0.39, 0.29) is 0 Å². The van der Waals surface area contributed by atoms with E-state index in [9.17, 15) is 22.0 Å². The first kappa shape index (κ1) is 12.5. The Morgan fingerprint density at radius 3 is 1.78 bits per heavy atom. The van der Waals surface area contributed by atoms with Crippen LogP contribution in [0, 0.1) is 33.9 Å². The molecule has 0 saturated heterocycles. The summed E-state index contributed by atoms with van der Waals surface area (Å²) in [5, 5.41) is 5.37. The summed E-state index contributed by atoms with van der Waals surface area (Å²) in [6.07, 6.45) is 0. The normalized spacial score (nSPS) is 10.9. The molecule has 1 aromatic heterocycles. The highest BCUT2D eigenvalue weighted by Crippen LogP contribution is 2.27. The lowest BCUT2D eigenvalue weighted by molar-refractivity contribution is 0.375. The number of nitrogens with one attached hydrogen (secondary N) is 1. The molecule has 2 rings (SSSR count). The molecule has 10 heteroatoms. The minimum Gasteiger partial charge on any atom is -0.368 e. The van der Waals surface area contributed by atoms with Crippen LogP contribution in [0.15, 0.2) is 0 Å². The van der Waals surface area contributed by atoms with E-state index >= 15 is 0 Å². The zero-order chi connectivity index (χ0) is 13.6. The Morgan fingerprint density at radius 2 is 1.39 bits per heavy atom. The number of aromatic nitrogens is 3. The minimum absolute atomic E-state index is 0.407. The summed E-state index contributed by atoms with van der Waals surface area (Å²) in [5.74, 6) is -11.1. The van der Waals surface area contributed by atoms with E-state index in [4.69, 9.17) is 5.73 Å². The second kappa shape index (κ2) is 4.05. The maximum atomic E-state index is 13.4. The fourth-order valence-corrected chi connectivity index (χ4v) is 1.55. The van der Waals surface area contributed by atoms with Gasteiger partial charge in [-0.15, -0.1) is 5.10 Å². The molecule has 0 spiro atoms. The fraction of sp³-hybridized carbons (Fsp3) is 0. The predicted molar refractivity (Wildman–Crippen MR) is 53.0 cm³/mol. The minimum atomic E-state index is -2.26. The van der Waals surface area contributed by atoms with Crippen molar-refractivity contribution >= 4 is 18.2 Å². The van der Waals surface area contributed by atoms with Crippen molar-refractivity contribution in [1.29, 1.82) is 0 Å². The molecule has 0 unspecified atom stereocenters. The van der Waals surface area contributed by atoms with Crippen LogP contribution in [0.3, 0.4) is 0 Å². The van der Waals surface area contributed by atoms with Gasteiger partial charge in [0.1, 0.15) is 5.69 Å². The summed E-state index contributed by atoms with van der Waals surface area (Å²) in [7, 11) is 0. The van der Waals surface area contributed by atoms with Crippen molar-refractivity contribution in [2.45, 2.75) is 0 Å². The highest BCUT2D eigenvalue weighted by molar-refractivity contribution is 7.71. The number of nitrogen functional groups attached to an aromatic ring is 1. The Kier molecular flexibility index (Phi) is 2.81. The molecule has 0 saturated carbocycles. The zero-order valence-corrected chi connectivity index (χ0v) is 9.09. The van der Waals surface area contributed by atoms with Gasteiger partial charge in [-0.25, -0.2) is 31.6 Å². The van der Waals surface area contributed by atoms with E-state index in [2.05, 4.69) is 22.4 Å². The number of nitrogens with two attached hydrogens (primary N) is 1. The van der Waals surface area contributed by atoms with E-state index < -0.39 is 45.5 Å². The van der Waals surface area contributed by atoms with Crippen molar-refractivity contribution in [3.05, 3.63) is 33.9 Å². The van der Waals surface area contributed by atoms with Gasteiger partial charge in [-0.3, -0.25) is 0 Å². The van der Waals surface area contributed by atoms with E-state index in [1.165, 1.54) is 0 Å². The third-order valence-electron chi connectivity index (χ3n) is 2.11. The molecule has 0 aliphatic rings. The maximum absolute atomic E-state index is 13.4. The molecule has 4 nitrogen and oxygen atoms in total. The molecule has 2 aromatic rings. The van der Waals surface area contributed by atoms with Crippen molar-refractivity contribution in [2.75, 3.05) is 5.73 Å². The number of H-pyrrole nitrogens is 1. The molecule has 18 heavy (non-hydrogen) atoms. The summed E-state index contributed by atoms with van der Waals surface area (Å²) >= 11 is 4.59. The van der Waals surface area contributed by atoms with Crippen molar-refractivity contribution in [2.24, 2.45) is 0 Å². The average Bonchev–Trinajstić information content (AvgIpc) is 2.66. The lowest BCUT2D eigenvalue weighted by Crippen LogP contribution is -2.11. The molecule has 0 bridgehead atoms. The lowest BCUT2D eigenvalue weighted by atomic mass is 10.2. The standard InChI is InChI=1S/C8H3F5N4S/c9-1-2(10)4(12)6(5(13)3(1)11)17-7(14)15-16-8(17)18/h(H2,14,15)(H,16,18). The van der Waals surface area contributed by atoms with E-state index in [0.29, 0.717) is 4.57 Å². The van der Waals surface area contributed by atoms with Crippen LogP contribution in [0.25, 0.3) is 5.69 Å². The SMILES string of the molecule is Nc1n[nH]c(=S)n1-c1c(F)c(F)c(F)c(F)c1F. The van der Waals surface area contributed by atoms with Crippen LogP contribution in [-0.2, 0) is 0 Å². The van der Waals surface area contributed by atoms with Gasteiger partial charge in [-0.05, 0) is 12.2 Å². The van der Waals surface area contributed by atoms with Crippen LogP contribution in [0.5, 0.6) is 0 Å². The maximum Gasteiger partial charge on any atom is 0.225 e. The van der Waals surface area contributed by atoms with Gasteiger partial charge in [0.2, 0.25) is 16.5 Å². The zero-order valence-electron chi connectivity index (χ0n) is 8.27. The highest BCUT2D eigenvalue weighted by Gasteiger charge is 2.28. The predicted octanol–water partition coefficient (Wildman–Crippen LogP) is 2.21. The molecular formula is C8H3F5N4S. The topological polar surface area (TPSA) is 59.6 Å². The Morgan fingerprint density at radius 1 is 0.944 bits per heavy atom. The van der Waals surface area contributed by atoms with Crippen molar-refractivity contribution in [3.8, 4) is 5.69 Å². The highest BCUT2D eigenvalue weighted by atomic mass is 32.1. The van der Waals surface area contributed by atoms with Gasteiger partial charge in [-0.2, -0.15) is 0 Å². The van der Waals surface area contributed by atoms with Crippen LogP contribution in [-0.4, -0.2) is 14.8 Å². The van der Waals surface area contributed by atoms with Crippen LogP contribution >= 0.6 is 12.2 Å². The van der Waals surface area contributed by atoms with E-state index in [1.54, 1.807) is 0 Å². The van der Waals surface area contributed by atoms with Crippen LogP contribution in [0.1, 0.15) is 0 Å². The van der Waals surface area contributed by atoms with Gasteiger partial charge in [0.05, 0.1) is 0 Å². The smallest absolute Gasteiger partial charge is 0.225 e. The average molecular weight is 282 g/mol. The lowest BCUT2D eigenvalue weighted by Gasteiger charge is -2.09. The van der Waals surface area contributed by atoms with Crippen molar-refractivity contribution in [1.82, 2.24) is 14.8 Å². The molecular weight excluding hydrogens is 279 g/mol. The van der Waals surface area contributed by atoms with Gasteiger partial charge < -0.3 is 5.73 Å². The molecule has 0 atom stereocenters. The monoisotopic (exact) mass is 282 g/mol. The number of anilines is 1. The first-order chi connectivity index (χ1) is 8.36. The van der Waals surface area contributed by atoms with E-state index in [1.807, 2.05) is 0 Å². The van der Waals surface area contributed by atoms with Crippen LogP contribution < -0.4 is 5.73 Å². The molecule has 1 heterocycles. The van der Waals surface area contributed by atoms with Crippen LogP contribution in [0.4, 0.5) is 27.9 Å². The number of hydrogen-bond acceptors (Lipinski definition) is 3. The molecule has 0 aliphatic heterocycles. The molecule has 0 fully saturated rings. The van der Waals surface area contributed by atoms with Gasteiger partial charge >= 0.3 is 0 Å². The quantitative estimate of drug-likeness (QED) is 0.365. The Balaban J connectivity index is 2.93. The molecule has 3 N–H and O–H groups in total. The third-order valence-corrected chi connectivity index (χ3v) is 2.38. The first-order valence-electron chi connectivity index (χ1n) is 4.31. The molecule has 0 aliphatic carbocycles. The third kappa shape index (κ3) is 1.56. The fourth-order valence-electron chi connectivity index (χ4n) is 1.31. The van der Waals surface area contributed by atoms with Crippen molar-refractivity contribution in [3.63, 3.8) is 0 Å². The summed E-state index contributed by atoms with van der Waals surface area (Å²) in [5.41, 5.74) is 3.96. The van der Waals surface area contributed by atoms with E-state index in [0.717, 1.165) is 0 Å². The second-order valence-electron chi connectivity index (χ2n) is 3.14. The largest absolute Gasteiger partial charge is 0.368 e. The van der Waals surface area contributed by atoms with Gasteiger partial charge in [-0.1, -0.05) is 0 Å². The Labute approximate surface area is 101 Å². The molecule has 0 amide bonds. The Hall–Kier alpha value is -1.97. The number of rotatable bonds is 1. The molecule has 96 valence electrons. The summed E-state index contributed by atoms with van der Waals surface area (Å²) in [6.45, 7) is 0. The number of nitrogens with zero attached hydrogens (tertiary/aromatic N) is 2. The van der Waals surface area contributed by atoms with Crippen molar-refractivity contribution < 1.29 is 22.0 Å². The molecule has 1 aromatic carbocycles. The number of aromatic amines is 1. The van der Waals surface area contributed by atoms with Gasteiger partial charge in [0, 0.05) is 0 Å². The number of benzene rings is 1. The summed E-state index contributed by atoms with van der Waals surface area (Å²) in [4.78, 5) is 0.